The normalized spacial score (nSPS) is 15.3. The van der Waals surface area contributed by atoms with Crippen LogP contribution >= 0.6 is 0 Å². The number of hydrogen-bond acceptors (Lipinski definition) is 3. The van der Waals surface area contributed by atoms with E-state index in [-0.39, 0.29) is 5.54 Å². The van der Waals surface area contributed by atoms with Gasteiger partial charge in [0.15, 0.2) is 0 Å². The zero-order chi connectivity index (χ0) is 15.2. The van der Waals surface area contributed by atoms with Gasteiger partial charge in [-0.05, 0) is 57.4 Å². The molecule has 1 N–H and O–H groups in total. The number of aromatic nitrogens is 1. The van der Waals surface area contributed by atoms with Gasteiger partial charge in [0.1, 0.15) is 0 Å². The van der Waals surface area contributed by atoms with Crippen molar-refractivity contribution >= 4 is 0 Å². The monoisotopic (exact) mass is 277 g/mol. The number of nitrogens with one attached hydrogen (secondary N) is 1. The molecule has 114 valence electrons. The van der Waals surface area contributed by atoms with Gasteiger partial charge in [0, 0.05) is 37.6 Å². The minimum absolute atomic E-state index is 0.181. The van der Waals surface area contributed by atoms with Crippen LogP contribution in [0.4, 0.5) is 0 Å². The molecule has 0 spiro atoms. The molecule has 3 heteroatoms. The molecule has 0 saturated carbocycles. The van der Waals surface area contributed by atoms with Crippen molar-refractivity contribution in [2.45, 2.75) is 53.1 Å². The fraction of sp³-hybridized carbons (Fsp3) is 0.706. The summed E-state index contributed by atoms with van der Waals surface area (Å²) in [6, 6.07) is 4.18. The highest BCUT2D eigenvalue weighted by molar-refractivity contribution is 5.09. The lowest BCUT2D eigenvalue weighted by molar-refractivity contribution is 0.164. The van der Waals surface area contributed by atoms with Crippen molar-refractivity contribution in [3.8, 4) is 0 Å². The zero-order valence-corrected chi connectivity index (χ0v) is 14.0. The topological polar surface area (TPSA) is 28.2 Å². The third-order valence-electron chi connectivity index (χ3n) is 3.75. The van der Waals surface area contributed by atoms with Gasteiger partial charge in [0.2, 0.25) is 0 Å². The van der Waals surface area contributed by atoms with Crippen molar-refractivity contribution in [2.24, 2.45) is 5.41 Å². The first-order valence-electron chi connectivity index (χ1n) is 7.56. The molecule has 0 saturated heterocycles. The van der Waals surface area contributed by atoms with Crippen molar-refractivity contribution in [1.29, 1.82) is 0 Å². The van der Waals surface area contributed by atoms with Crippen molar-refractivity contribution < 1.29 is 0 Å². The Morgan fingerprint density at radius 3 is 2.25 bits per heavy atom. The molecule has 1 heterocycles. The van der Waals surface area contributed by atoms with E-state index >= 15 is 0 Å². The Labute approximate surface area is 124 Å². The second-order valence-electron chi connectivity index (χ2n) is 7.30. The van der Waals surface area contributed by atoms with E-state index in [9.17, 15) is 0 Å². The summed E-state index contributed by atoms with van der Waals surface area (Å²) in [6.07, 6.45) is 4.91. The van der Waals surface area contributed by atoms with Crippen LogP contribution in [0.15, 0.2) is 24.5 Å². The Bertz CT molecular complexity index is 383. The van der Waals surface area contributed by atoms with E-state index < -0.39 is 0 Å². The molecule has 0 aliphatic rings. The molecule has 3 nitrogen and oxygen atoms in total. The largest absolute Gasteiger partial charge is 0.311 e. The van der Waals surface area contributed by atoms with Gasteiger partial charge in [-0.3, -0.25) is 4.98 Å². The molecule has 0 fully saturated rings. The number of hydrogen-bond donors (Lipinski definition) is 1. The summed E-state index contributed by atoms with van der Waals surface area (Å²) < 4.78 is 0. The zero-order valence-electron chi connectivity index (χ0n) is 14.0. The fourth-order valence-corrected chi connectivity index (χ4v) is 2.28. The van der Waals surface area contributed by atoms with Crippen LogP contribution in [0.5, 0.6) is 0 Å². The van der Waals surface area contributed by atoms with E-state index in [0.29, 0.717) is 5.41 Å². The third-order valence-corrected chi connectivity index (χ3v) is 3.75. The summed E-state index contributed by atoms with van der Waals surface area (Å²) in [7, 11) is 2.20. The maximum absolute atomic E-state index is 4.07. The maximum Gasteiger partial charge on any atom is 0.0271 e. The van der Waals surface area contributed by atoms with Gasteiger partial charge in [0.25, 0.3) is 0 Å². The van der Waals surface area contributed by atoms with E-state index in [1.54, 1.807) is 0 Å². The van der Waals surface area contributed by atoms with Crippen LogP contribution in [0, 0.1) is 5.41 Å². The van der Waals surface area contributed by atoms with Gasteiger partial charge >= 0.3 is 0 Å². The average Bonchev–Trinajstić information content (AvgIpc) is 2.37. The molecular weight excluding hydrogens is 246 g/mol. The maximum atomic E-state index is 4.07. The first-order valence-corrected chi connectivity index (χ1v) is 7.56. The van der Waals surface area contributed by atoms with E-state index in [4.69, 9.17) is 0 Å². The van der Waals surface area contributed by atoms with Gasteiger partial charge in [0.05, 0.1) is 0 Å². The van der Waals surface area contributed by atoms with Crippen molar-refractivity contribution in [2.75, 3.05) is 20.1 Å². The van der Waals surface area contributed by atoms with Crippen LogP contribution in [0.3, 0.4) is 0 Å². The van der Waals surface area contributed by atoms with Crippen molar-refractivity contribution in [1.82, 2.24) is 15.2 Å². The molecular formula is C17H31N3. The molecule has 0 radical (unpaired) electrons. The van der Waals surface area contributed by atoms with E-state index in [2.05, 4.69) is 69.0 Å². The first-order chi connectivity index (χ1) is 9.24. The van der Waals surface area contributed by atoms with Gasteiger partial charge in [-0.2, -0.15) is 0 Å². The highest BCUT2D eigenvalue weighted by Crippen LogP contribution is 2.23. The van der Waals surface area contributed by atoms with Crippen LogP contribution in [0.1, 0.15) is 46.6 Å². The van der Waals surface area contributed by atoms with Gasteiger partial charge < -0.3 is 10.2 Å². The van der Waals surface area contributed by atoms with Gasteiger partial charge in [-0.25, -0.2) is 0 Å². The Morgan fingerprint density at radius 2 is 1.75 bits per heavy atom. The summed E-state index contributed by atoms with van der Waals surface area (Å²) in [5.41, 5.74) is 1.81. The molecule has 0 bridgehead atoms. The summed E-state index contributed by atoms with van der Waals surface area (Å²) >= 11 is 0. The Morgan fingerprint density at radius 1 is 1.15 bits per heavy atom. The molecule has 0 amide bonds. The lowest BCUT2D eigenvalue weighted by atomic mass is 9.86. The van der Waals surface area contributed by atoms with E-state index in [1.807, 2.05) is 12.4 Å². The molecule has 0 aliphatic heterocycles. The molecule has 0 aliphatic carbocycles. The van der Waals surface area contributed by atoms with Crippen LogP contribution in [-0.4, -0.2) is 35.6 Å². The first kappa shape index (κ1) is 17.1. The predicted octanol–water partition coefficient (Wildman–Crippen LogP) is 3.32. The Kier molecular flexibility index (Phi) is 6.15. The molecule has 1 unspecified atom stereocenters. The van der Waals surface area contributed by atoms with Crippen LogP contribution in [0.25, 0.3) is 0 Å². The molecule has 1 aromatic rings. The van der Waals surface area contributed by atoms with Crippen molar-refractivity contribution in [3.63, 3.8) is 0 Å². The van der Waals surface area contributed by atoms with Crippen LogP contribution in [0.2, 0.25) is 0 Å². The Hall–Kier alpha value is -0.930. The summed E-state index contributed by atoms with van der Waals surface area (Å²) in [5.74, 6) is 0. The van der Waals surface area contributed by atoms with Gasteiger partial charge in [-0.1, -0.05) is 13.8 Å². The predicted molar refractivity (Wildman–Crippen MR) is 86.7 cm³/mol. The lowest BCUT2D eigenvalue weighted by Crippen LogP contribution is -2.46. The molecule has 1 rings (SSSR count). The SMILES string of the molecule is CCC(C)(CNC(C)(C)C)CN(C)Cc1ccncc1. The number of pyridine rings is 1. The second kappa shape index (κ2) is 7.19. The van der Waals surface area contributed by atoms with E-state index in [1.165, 1.54) is 12.0 Å². The van der Waals surface area contributed by atoms with E-state index in [0.717, 1.165) is 19.6 Å². The summed E-state index contributed by atoms with van der Waals surface area (Å²) in [6.45, 7) is 14.5. The second-order valence-corrected chi connectivity index (χ2v) is 7.30. The van der Waals surface area contributed by atoms with Gasteiger partial charge in [-0.15, -0.1) is 0 Å². The summed E-state index contributed by atoms with van der Waals surface area (Å²) in [4.78, 5) is 6.48. The average molecular weight is 277 g/mol. The number of nitrogens with zero attached hydrogens (tertiary/aromatic N) is 2. The highest BCUT2D eigenvalue weighted by Gasteiger charge is 2.25. The third kappa shape index (κ3) is 6.49. The lowest BCUT2D eigenvalue weighted by Gasteiger charge is -2.36. The summed E-state index contributed by atoms with van der Waals surface area (Å²) in [5, 5.41) is 3.65. The highest BCUT2D eigenvalue weighted by atomic mass is 15.1. The molecule has 0 aromatic carbocycles. The smallest absolute Gasteiger partial charge is 0.0271 e. The number of rotatable bonds is 7. The van der Waals surface area contributed by atoms with Crippen LogP contribution < -0.4 is 5.32 Å². The standard InChI is InChI=1S/C17H31N3/c1-7-17(5,13-19-16(2,3)4)14-20(6)12-15-8-10-18-11-9-15/h8-11,19H,7,12-14H2,1-6H3. The Balaban J connectivity index is 2.53. The van der Waals surface area contributed by atoms with Crippen LogP contribution in [-0.2, 0) is 6.54 Å². The molecule has 1 atom stereocenters. The molecule has 20 heavy (non-hydrogen) atoms. The fourth-order valence-electron chi connectivity index (χ4n) is 2.28. The molecule has 1 aromatic heterocycles. The minimum atomic E-state index is 0.181. The quantitative estimate of drug-likeness (QED) is 0.828. The minimum Gasteiger partial charge on any atom is -0.311 e. The van der Waals surface area contributed by atoms with Crippen molar-refractivity contribution in [3.05, 3.63) is 30.1 Å².